The Morgan fingerprint density at radius 1 is 1.05 bits per heavy atom. The summed E-state index contributed by atoms with van der Waals surface area (Å²) in [5.41, 5.74) is 1.02. The zero-order valence-electron chi connectivity index (χ0n) is 14.8. The van der Waals surface area contributed by atoms with E-state index in [1.54, 1.807) is 0 Å². The molecule has 0 bridgehead atoms. The van der Waals surface area contributed by atoms with Crippen LogP contribution in [0, 0.1) is 28.6 Å². The fourth-order valence-corrected chi connectivity index (χ4v) is 5.04. The molecule has 3 atom stereocenters. The van der Waals surface area contributed by atoms with Crippen molar-refractivity contribution in [3.63, 3.8) is 0 Å². The Balaban J connectivity index is 2.08. The number of hydrogen-bond acceptors (Lipinski definition) is 1. The summed E-state index contributed by atoms with van der Waals surface area (Å²) in [7, 11) is 0. The predicted molar refractivity (Wildman–Crippen MR) is 88.9 cm³/mol. The van der Waals surface area contributed by atoms with Crippen LogP contribution in [0.25, 0.3) is 0 Å². The maximum absolute atomic E-state index is 3.96. The molecule has 2 fully saturated rings. The molecular formula is C19H37N. The lowest BCUT2D eigenvalue weighted by Gasteiger charge is -2.36. The van der Waals surface area contributed by atoms with Crippen LogP contribution in [0.3, 0.4) is 0 Å². The fourth-order valence-electron chi connectivity index (χ4n) is 5.04. The highest BCUT2D eigenvalue weighted by molar-refractivity contribution is 5.17. The first kappa shape index (κ1) is 16.3. The fraction of sp³-hybridized carbons (Fsp3) is 1.00. The van der Waals surface area contributed by atoms with Crippen molar-refractivity contribution in [2.45, 2.75) is 86.1 Å². The molecule has 0 heterocycles. The van der Waals surface area contributed by atoms with Crippen molar-refractivity contribution in [2.75, 3.05) is 6.54 Å². The molecule has 0 radical (unpaired) electrons. The van der Waals surface area contributed by atoms with Crippen LogP contribution in [-0.2, 0) is 0 Å². The molecule has 0 aromatic heterocycles. The van der Waals surface area contributed by atoms with Gasteiger partial charge in [0.1, 0.15) is 0 Å². The topological polar surface area (TPSA) is 12.0 Å². The summed E-state index contributed by atoms with van der Waals surface area (Å²) in [5, 5.41) is 3.96. The lowest BCUT2D eigenvalue weighted by atomic mass is 9.74. The summed E-state index contributed by atoms with van der Waals surface area (Å²) in [6.45, 7) is 15.8. The second kappa shape index (κ2) is 5.99. The molecule has 2 rings (SSSR count). The third-order valence-corrected chi connectivity index (χ3v) is 7.03. The van der Waals surface area contributed by atoms with Gasteiger partial charge in [0.15, 0.2) is 0 Å². The third-order valence-electron chi connectivity index (χ3n) is 7.03. The van der Waals surface area contributed by atoms with Crippen LogP contribution in [0.4, 0.5) is 0 Å². The SMILES string of the molecule is CCCNC(C1CCCC(CC)C1)C1C(C)(C)C1(C)C. The lowest BCUT2D eigenvalue weighted by molar-refractivity contribution is 0.181. The van der Waals surface area contributed by atoms with Crippen LogP contribution < -0.4 is 5.32 Å². The standard InChI is InChI=1S/C19H37N/c1-7-12-20-16(17-18(3,4)19(17,5)6)15-11-9-10-14(8-2)13-15/h14-17,20H,7-13H2,1-6H3. The molecule has 0 aromatic rings. The Bertz CT molecular complexity index is 304. The van der Waals surface area contributed by atoms with E-state index in [0.717, 1.165) is 23.8 Å². The van der Waals surface area contributed by atoms with Crippen LogP contribution in [0.2, 0.25) is 0 Å². The number of hydrogen-bond donors (Lipinski definition) is 1. The van der Waals surface area contributed by atoms with Crippen LogP contribution in [0.5, 0.6) is 0 Å². The normalized spacial score (nSPS) is 33.9. The number of rotatable bonds is 6. The highest BCUT2D eigenvalue weighted by atomic mass is 15.0. The van der Waals surface area contributed by atoms with Gasteiger partial charge in [0, 0.05) is 6.04 Å². The summed E-state index contributed by atoms with van der Waals surface area (Å²) in [5.74, 6) is 2.78. The van der Waals surface area contributed by atoms with Gasteiger partial charge in [0.25, 0.3) is 0 Å². The molecule has 2 saturated carbocycles. The molecule has 0 aromatic carbocycles. The zero-order valence-corrected chi connectivity index (χ0v) is 14.8. The highest BCUT2D eigenvalue weighted by Gasteiger charge is 2.67. The van der Waals surface area contributed by atoms with E-state index in [9.17, 15) is 0 Å². The van der Waals surface area contributed by atoms with E-state index in [-0.39, 0.29) is 0 Å². The van der Waals surface area contributed by atoms with Gasteiger partial charge in [-0.05, 0) is 54.4 Å². The Morgan fingerprint density at radius 3 is 2.20 bits per heavy atom. The first-order valence-corrected chi connectivity index (χ1v) is 9.09. The molecule has 3 unspecified atom stereocenters. The molecule has 1 N–H and O–H groups in total. The van der Waals surface area contributed by atoms with Crippen molar-refractivity contribution < 1.29 is 0 Å². The second-order valence-corrected chi connectivity index (χ2v) is 8.60. The molecule has 0 spiro atoms. The summed E-state index contributed by atoms with van der Waals surface area (Å²) < 4.78 is 0. The van der Waals surface area contributed by atoms with Crippen molar-refractivity contribution >= 4 is 0 Å². The molecule has 2 aliphatic carbocycles. The highest BCUT2D eigenvalue weighted by Crippen LogP contribution is 2.70. The van der Waals surface area contributed by atoms with Gasteiger partial charge in [0.05, 0.1) is 0 Å². The Hall–Kier alpha value is -0.0400. The Kier molecular flexibility index (Phi) is 4.89. The molecular weight excluding hydrogens is 242 g/mol. The average Bonchev–Trinajstić information content (AvgIpc) is 2.82. The smallest absolute Gasteiger partial charge is 0.0134 e. The predicted octanol–water partition coefficient (Wildman–Crippen LogP) is 5.25. The summed E-state index contributed by atoms with van der Waals surface area (Å²) in [6, 6.07) is 0.759. The summed E-state index contributed by atoms with van der Waals surface area (Å²) in [4.78, 5) is 0. The van der Waals surface area contributed by atoms with Crippen LogP contribution in [-0.4, -0.2) is 12.6 Å². The molecule has 118 valence electrons. The Labute approximate surface area is 127 Å². The Morgan fingerprint density at radius 2 is 1.70 bits per heavy atom. The van der Waals surface area contributed by atoms with E-state index in [0.29, 0.717) is 10.8 Å². The van der Waals surface area contributed by atoms with E-state index in [1.165, 1.54) is 45.1 Å². The summed E-state index contributed by atoms with van der Waals surface area (Å²) in [6.07, 6.45) is 8.51. The summed E-state index contributed by atoms with van der Waals surface area (Å²) >= 11 is 0. The first-order valence-electron chi connectivity index (χ1n) is 9.09. The number of nitrogens with one attached hydrogen (secondary N) is 1. The monoisotopic (exact) mass is 279 g/mol. The van der Waals surface area contributed by atoms with Crippen molar-refractivity contribution in [2.24, 2.45) is 28.6 Å². The van der Waals surface area contributed by atoms with Gasteiger partial charge >= 0.3 is 0 Å². The van der Waals surface area contributed by atoms with Crippen molar-refractivity contribution in [1.82, 2.24) is 5.32 Å². The minimum atomic E-state index is 0.511. The quantitative estimate of drug-likeness (QED) is 0.700. The molecule has 0 amide bonds. The van der Waals surface area contributed by atoms with Crippen molar-refractivity contribution in [3.05, 3.63) is 0 Å². The zero-order chi connectivity index (χ0) is 15.0. The van der Waals surface area contributed by atoms with Crippen molar-refractivity contribution in [1.29, 1.82) is 0 Å². The molecule has 2 aliphatic rings. The second-order valence-electron chi connectivity index (χ2n) is 8.60. The first-order chi connectivity index (χ1) is 9.36. The van der Waals surface area contributed by atoms with E-state index >= 15 is 0 Å². The minimum Gasteiger partial charge on any atom is -0.313 e. The van der Waals surface area contributed by atoms with Crippen LogP contribution in [0.15, 0.2) is 0 Å². The van der Waals surface area contributed by atoms with Gasteiger partial charge in [-0.3, -0.25) is 0 Å². The molecule has 1 nitrogen and oxygen atoms in total. The van der Waals surface area contributed by atoms with Gasteiger partial charge < -0.3 is 5.32 Å². The van der Waals surface area contributed by atoms with Crippen LogP contribution in [0.1, 0.15) is 80.1 Å². The van der Waals surface area contributed by atoms with E-state index in [1.807, 2.05) is 0 Å². The van der Waals surface area contributed by atoms with Gasteiger partial charge in [-0.1, -0.05) is 60.8 Å². The average molecular weight is 280 g/mol. The van der Waals surface area contributed by atoms with E-state index < -0.39 is 0 Å². The van der Waals surface area contributed by atoms with Gasteiger partial charge in [0.2, 0.25) is 0 Å². The van der Waals surface area contributed by atoms with Gasteiger partial charge in [-0.15, -0.1) is 0 Å². The maximum Gasteiger partial charge on any atom is 0.0134 e. The lowest BCUT2D eigenvalue weighted by Crippen LogP contribution is -2.42. The molecule has 0 saturated heterocycles. The largest absolute Gasteiger partial charge is 0.313 e. The third kappa shape index (κ3) is 2.80. The van der Waals surface area contributed by atoms with E-state index in [2.05, 4.69) is 46.9 Å². The van der Waals surface area contributed by atoms with Crippen LogP contribution >= 0.6 is 0 Å². The van der Waals surface area contributed by atoms with E-state index in [4.69, 9.17) is 0 Å². The molecule has 0 aliphatic heterocycles. The van der Waals surface area contributed by atoms with Gasteiger partial charge in [-0.25, -0.2) is 0 Å². The maximum atomic E-state index is 3.96. The molecule has 20 heavy (non-hydrogen) atoms. The van der Waals surface area contributed by atoms with Crippen molar-refractivity contribution in [3.8, 4) is 0 Å². The van der Waals surface area contributed by atoms with Gasteiger partial charge in [-0.2, -0.15) is 0 Å². The molecule has 1 heteroatoms. The minimum absolute atomic E-state index is 0.511.